The number of aromatic nitrogens is 2. The third kappa shape index (κ3) is 4.00. The third-order valence-electron chi connectivity index (χ3n) is 6.21. The molecular weight excluding hydrogens is 374 g/mol. The van der Waals surface area contributed by atoms with Crippen LogP contribution in [0, 0.1) is 18.3 Å². The first-order chi connectivity index (χ1) is 14.7. The first-order valence-electron chi connectivity index (χ1n) is 11.2. The van der Waals surface area contributed by atoms with Crippen molar-refractivity contribution in [1.82, 2.24) is 9.38 Å². The molecule has 0 unspecified atom stereocenters. The topological polar surface area (TPSA) is 66.8 Å². The van der Waals surface area contributed by atoms with Crippen LogP contribution in [-0.2, 0) is 11.2 Å². The highest BCUT2D eigenvalue weighted by Gasteiger charge is 2.20. The molecule has 0 radical (unpaired) electrons. The maximum atomic E-state index is 9.90. The van der Waals surface area contributed by atoms with Gasteiger partial charge in [0.25, 0.3) is 0 Å². The molecule has 1 aromatic carbocycles. The molecule has 1 aliphatic heterocycles. The minimum Gasteiger partial charge on any atom is -0.371 e. The van der Waals surface area contributed by atoms with Gasteiger partial charge in [0.05, 0.1) is 36.4 Å². The number of morpholine rings is 1. The molecule has 4 rings (SSSR count). The molecule has 3 aromatic rings. The number of nitrogens with one attached hydrogen (secondary N) is 2. The average molecular weight is 407 g/mol. The zero-order chi connectivity index (χ0) is 20.9. The summed E-state index contributed by atoms with van der Waals surface area (Å²) in [6, 6.07) is 10.6. The third-order valence-corrected chi connectivity index (χ3v) is 6.21. The lowest BCUT2D eigenvalue weighted by Crippen LogP contribution is -3.14. The summed E-state index contributed by atoms with van der Waals surface area (Å²) < 4.78 is 7.64. The lowest BCUT2D eigenvalue weighted by molar-refractivity contribution is -0.908. The molecule has 0 atom stereocenters. The van der Waals surface area contributed by atoms with Gasteiger partial charge in [-0.3, -0.25) is 4.40 Å². The molecule has 6 heteroatoms. The van der Waals surface area contributed by atoms with Crippen LogP contribution in [0.1, 0.15) is 42.9 Å². The van der Waals surface area contributed by atoms with E-state index in [9.17, 15) is 5.26 Å². The average Bonchev–Trinajstić information content (AvgIpc) is 3.16. The number of unbranched alkanes of at least 4 members (excludes halogenated alkanes) is 1. The molecule has 30 heavy (non-hydrogen) atoms. The van der Waals surface area contributed by atoms with E-state index >= 15 is 0 Å². The Labute approximate surface area is 178 Å². The molecule has 2 aromatic heterocycles. The summed E-state index contributed by atoms with van der Waals surface area (Å²) in [5.41, 5.74) is 5.76. The van der Waals surface area contributed by atoms with Crippen LogP contribution >= 0.6 is 0 Å². The molecule has 2 N–H and O–H groups in total. The predicted molar refractivity (Wildman–Crippen MR) is 120 cm³/mol. The van der Waals surface area contributed by atoms with Gasteiger partial charge in [-0.25, -0.2) is 4.98 Å². The number of para-hydroxylation sites is 2. The Morgan fingerprint density at radius 3 is 2.80 bits per heavy atom. The molecule has 1 saturated heterocycles. The van der Waals surface area contributed by atoms with Gasteiger partial charge in [-0.15, -0.1) is 0 Å². The Kier molecular flexibility index (Phi) is 6.51. The molecule has 3 heterocycles. The lowest BCUT2D eigenvalue weighted by atomic mass is 9.99. The quantitative estimate of drug-likeness (QED) is 0.565. The highest BCUT2D eigenvalue weighted by molar-refractivity contribution is 5.86. The van der Waals surface area contributed by atoms with E-state index in [0.717, 1.165) is 93.1 Å². The SMILES string of the molecule is CCCCc1c(C)c(C#N)c2nc3ccccc3n2c1NCCC[NH+]1CCOCC1. The fourth-order valence-electron chi connectivity index (χ4n) is 4.49. The number of benzene rings is 1. The van der Waals surface area contributed by atoms with Crippen molar-refractivity contribution in [3.8, 4) is 6.07 Å². The van der Waals surface area contributed by atoms with E-state index < -0.39 is 0 Å². The number of rotatable bonds is 8. The number of hydrogen-bond donors (Lipinski definition) is 2. The summed E-state index contributed by atoms with van der Waals surface area (Å²) in [5, 5.41) is 13.6. The largest absolute Gasteiger partial charge is 0.371 e. The van der Waals surface area contributed by atoms with Crippen LogP contribution in [-0.4, -0.2) is 48.8 Å². The molecule has 0 spiro atoms. The minimum atomic E-state index is 0.695. The number of nitrogens with zero attached hydrogens (tertiary/aromatic N) is 3. The van der Waals surface area contributed by atoms with Crippen molar-refractivity contribution in [2.75, 3.05) is 44.7 Å². The van der Waals surface area contributed by atoms with Crippen molar-refractivity contribution >= 4 is 22.5 Å². The zero-order valence-electron chi connectivity index (χ0n) is 18.1. The van der Waals surface area contributed by atoms with Crippen molar-refractivity contribution in [2.24, 2.45) is 0 Å². The molecular formula is C24H32N5O+. The summed E-state index contributed by atoms with van der Waals surface area (Å²) in [6.07, 6.45) is 4.31. The van der Waals surface area contributed by atoms with E-state index in [0.29, 0.717) is 5.56 Å². The van der Waals surface area contributed by atoms with Gasteiger partial charge >= 0.3 is 0 Å². The Morgan fingerprint density at radius 1 is 1.23 bits per heavy atom. The van der Waals surface area contributed by atoms with E-state index in [-0.39, 0.29) is 0 Å². The van der Waals surface area contributed by atoms with E-state index in [1.54, 1.807) is 4.90 Å². The van der Waals surface area contributed by atoms with Crippen LogP contribution in [0.2, 0.25) is 0 Å². The van der Waals surface area contributed by atoms with Gasteiger partial charge in [0, 0.05) is 13.0 Å². The van der Waals surface area contributed by atoms with Crippen LogP contribution < -0.4 is 10.2 Å². The van der Waals surface area contributed by atoms with Crippen LogP contribution in [0.5, 0.6) is 0 Å². The number of ether oxygens (including phenoxy) is 1. The maximum absolute atomic E-state index is 9.90. The van der Waals surface area contributed by atoms with Crippen molar-refractivity contribution in [3.63, 3.8) is 0 Å². The van der Waals surface area contributed by atoms with Gasteiger partial charge in [0.15, 0.2) is 5.65 Å². The van der Waals surface area contributed by atoms with Crippen molar-refractivity contribution in [1.29, 1.82) is 5.26 Å². The Balaban J connectivity index is 1.70. The highest BCUT2D eigenvalue weighted by Crippen LogP contribution is 2.31. The van der Waals surface area contributed by atoms with Gasteiger partial charge in [0.2, 0.25) is 0 Å². The normalized spacial score (nSPS) is 15.0. The number of imidazole rings is 1. The Hall–Kier alpha value is -2.62. The number of hydrogen-bond acceptors (Lipinski definition) is 4. The standard InChI is InChI=1S/C24H31N5O/c1-3-4-8-19-18(2)20(17-25)24-27-21-9-5-6-10-22(21)29(24)23(19)26-11-7-12-28-13-15-30-16-14-28/h5-6,9-10,26H,3-4,7-8,11-16H2,1-2H3/p+1. The van der Waals surface area contributed by atoms with E-state index in [2.05, 4.69) is 35.7 Å². The van der Waals surface area contributed by atoms with Gasteiger partial charge in [0.1, 0.15) is 25.0 Å². The fourth-order valence-corrected chi connectivity index (χ4v) is 4.49. The van der Waals surface area contributed by atoms with Crippen molar-refractivity contribution < 1.29 is 9.64 Å². The van der Waals surface area contributed by atoms with Crippen LogP contribution in [0.4, 0.5) is 5.82 Å². The second kappa shape index (κ2) is 9.46. The monoisotopic (exact) mass is 406 g/mol. The molecule has 0 saturated carbocycles. The molecule has 6 nitrogen and oxygen atoms in total. The minimum absolute atomic E-state index is 0.695. The van der Waals surface area contributed by atoms with Crippen molar-refractivity contribution in [2.45, 2.75) is 39.5 Å². The number of nitriles is 1. The van der Waals surface area contributed by atoms with Crippen LogP contribution in [0.25, 0.3) is 16.7 Å². The van der Waals surface area contributed by atoms with Gasteiger partial charge in [-0.2, -0.15) is 5.26 Å². The molecule has 1 aliphatic rings. The van der Waals surface area contributed by atoms with Gasteiger partial charge < -0.3 is 15.0 Å². The predicted octanol–water partition coefficient (Wildman–Crippen LogP) is 2.73. The first-order valence-corrected chi connectivity index (χ1v) is 11.2. The highest BCUT2D eigenvalue weighted by atomic mass is 16.5. The molecule has 0 bridgehead atoms. The second-order valence-electron chi connectivity index (χ2n) is 8.19. The first kappa shape index (κ1) is 20.6. The van der Waals surface area contributed by atoms with Gasteiger partial charge in [-0.1, -0.05) is 25.5 Å². The van der Waals surface area contributed by atoms with Crippen molar-refractivity contribution in [3.05, 3.63) is 41.0 Å². The summed E-state index contributed by atoms with van der Waals surface area (Å²) in [6.45, 7) is 10.3. The number of pyridine rings is 1. The Bertz CT molecular complexity index is 1060. The molecule has 1 fully saturated rings. The summed E-state index contributed by atoms with van der Waals surface area (Å²) >= 11 is 0. The molecule has 0 aliphatic carbocycles. The molecule has 0 amide bonds. The molecule has 158 valence electrons. The van der Waals surface area contributed by atoms with Crippen LogP contribution in [0.15, 0.2) is 24.3 Å². The van der Waals surface area contributed by atoms with E-state index in [1.165, 1.54) is 5.56 Å². The maximum Gasteiger partial charge on any atom is 0.157 e. The summed E-state index contributed by atoms with van der Waals surface area (Å²) in [7, 11) is 0. The lowest BCUT2D eigenvalue weighted by Gasteiger charge is -2.24. The number of quaternary nitrogens is 1. The van der Waals surface area contributed by atoms with E-state index in [1.807, 2.05) is 18.2 Å². The smallest absolute Gasteiger partial charge is 0.157 e. The number of fused-ring (bicyclic) bond motifs is 3. The van der Waals surface area contributed by atoms with E-state index in [4.69, 9.17) is 9.72 Å². The Morgan fingerprint density at radius 2 is 2.03 bits per heavy atom. The summed E-state index contributed by atoms with van der Waals surface area (Å²) in [5.74, 6) is 1.11. The second-order valence-corrected chi connectivity index (χ2v) is 8.19. The zero-order valence-corrected chi connectivity index (χ0v) is 18.1. The summed E-state index contributed by atoms with van der Waals surface area (Å²) in [4.78, 5) is 6.44. The van der Waals surface area contributed by atoms with Crippen LogP contribution in [0.3, 0.4) is 0 Å². The fraction of sp³-hybridized carbons (Fsp3) is 0.500. The van der Waals surface area contributed by atoms with Gasteiger partial charge in [-0.05, 0) is 43.0 Å². The number of anilines is 1.